The highest BCUT2D eigenvalue weighted by Crippen LogP contribution is 2.41. The number of aromatic nitrogens is 1. The molecule has 6 rings (SSSR count). The van der Waals surface area contributed by atoms with Crippen LogP contribution in [0.4, 0.5) is 0 Å². The van der Waals surface area contributed by atoms with Gasteiger partial charge in [0.2, 0.25) is 11.5 Å². The summed E-state index contributed by atoms with van der Waals surface area (Å²) in [7, 11) is 0. The summed E-state index contributed by atoms with van der Waals surface area (Å²) in [5.74, 6) is 0.182. The second-order valence-corrected chi connectivity index (χ2v) is 12.4. The average Bonchev–Trinajstić information content (AvgIpc) is 3.37. The number of rotatable bonds is 9. The van der Waals surface area contributed by atoms with Gasteiger partial charge in [-0.05, 0) is 64.4 Å². The molecule has 4 aromatic carbocycles. The largest absolute Gasteiger partial charge is 1.00 e. The van der Waals surface area contributed by atoms with Gasteiger partial charge in [0, 0.05) is 28.5 Å². The molecule has 0 N–H and O–H groups in total. The van der Waals surface area contributed by atoms with Gasteiger partial charge in [-0.25, -0.2) is 0 Å². The molecule has 2 heterocycles. The smallest absolute Gasteiger partial charge is 0.310 e. The quantitative estimate of drug-likeness (QED) is 0.0484. The lowest BCUT2D eigenvalue weighted by Gasteiger charge is -2.11. The molecule has 216 valence electrons. The molecule has 0 saturated carbocycles. The number of benzene rings is 4. The first-order chi connectivity index (χ1) is 20.5. The predicted octanol–water partition coefficient (Wildman–Crippen LogP) is 5.62. The van der Waals surface area contributed by atoms with Crippen LogP contribution in [0.3, 0.4) is 0 Å². The molecule has 0 amide bonds. The Bertz CT molecular complexity index is 1870. The second-order valence-electron chi connectivity index (χ2n) is 9.73. The molecule has 43 heavy (non-hydrogen) atoms. The Morgan fingerprint density at radius 1 is 0.837 bits per heavy atom. The first-order valence-electron chi connectivity index (χ1n) is 13.6. The van der Waals surface area contributed by atoms with Gasteiger partial charge >= 0.3 is 5.97 Å². The summed E-state index contributed by atoms with van der Waals surface area (Å²) >= 11 is 9.23. The van der Waals surface area contributed by atoms with Crippen molar-refractivity contribution in [1.82, 2.24) is 0 Å². The molecule has 0 aliphatic carbocycles. The number of hydrogen-bond donors (Lipinski definition) is 0. The zero-order valence-corrected chi connectivity index (χ0v) is 27.8. The van der Waals surface area contributed by atoms with Crippen LogP contribution >= 0.6 is 34.7 Å². The molecule has 4 nitrogen and oxygen atoms in total. The van der Waals surface area contributed by atoms with E-state index in [0.29, 0.717) is 26.8 Å². The summed E-state index contributed by atoms with van der Waals surface area (Å²) in [6, 6.07) is 31.8. The summed E-state index contributed by atoms with van der Waals surface area (Å²) in [6.45, 7) is 2.06. The van der Waals surface area contributed by atoms with E-state index in [4.69, 9.17) is 16.3 Å². The van der Waals surface area contributed by atoms with Crippen molar-refractivity contribution in [3.05, 3.63) is 136 Å². The normalized spacial score (nSPS) is 10.9. The van der Waals surface area contributed by atoms with Crippen LogP contribution in [-0.4, -0.2) is 18.4 Å². The first-order valence-corrected chi connectivity index (χ1v) is 15.8. The van der Waals surface area contributed by atoms with Crippen LogP contribution in [0.25, 0.3) is 27.2 Å². The molecule has 0 atom stereocenters. The highest BCUT2D eigenvalue weighted by atomic mass is 127. The van der Waals surface area contributed by atoms with E-state index in [9.17, 15) is 9.59 Å². The number of thiophene rings is 1. The van der Waals surface area contributed by atoms with Crippen molar-refractivity contribution >= 4 is 68.0 Å². The molecule has 0 radical (unpaired) electrons. The molecule has 0 aliphatic rings. The highest BCUT2D eigenvalue weighted by molar-refractivity contribution is 8.00. The van der Waals surface area contributed by atoms with Gasteiger partial charge < -0.3 is 28.7 Å². The van der Waals surface area contributed by atoms with Crippen molar-refractivity contribution in [3.8, 4) is 5.69 Å². The summed E-state index contributed by atoms with van der Waals surface area (Å²) in [5, 5.41) is 5.36. The number of pyridine rings is 1. The van der Waals surface area contributed by atoms with Gasteiger partial charge in [0.1, 0.15) is 4.21 Å². The first kappa shape index (κ1) is 31.2. The summed E-state index contributed by atoms with van der Waals surface area (Å²) in [6.07, 6.45) is 3.89. The maximum Gasteiger partial charge on any atom is 0.310 e. The Morgan fingerprint density at radius 3 is 2.09 bits per heavy atom. The van der Waals surface area contributed by atoms with E-state index in [1.165, 1.54) is 38.4 Å². The van der Waals surface area contributed by atoms with Gasteiger partial charge in [-0.15, -0.1) is 23.1 Å². The Kier molecular flexibility index (Phi) is 10.2. The fourth-order valence-electron chi connectivity index (χ4n) is 5.18. The molecule has 6 aromatic rings. The molecule has 0 aliphatic heterocycles. The number of ether oxygens (including phenoxy) is 1. The third-order valence-electron chi connectivity index (χ3n) is 7.09. The van der Waals surface area contributed by atoms with Gasteiger partial charge in [0.25, 0.3) is 0 Å². The Labute approximate surface area is 280 Å². The van der Waals surface area contributed by atoms with Crippen LogP contribution in [0.1, 0.15) is 33.3 Å². The van der Waals surface area contributed by atoms with Gasteiger partial charge in [-0.3, -0.25) is 9.59 Å². The Balaban J connectivity index is 0.00000368. The monoisotopic (exact) mass is 735 g/mol. The fourth-order valence-corrected chi connectivity index (χ4v) is 7.93. The van der Waals surface area contributed by atoms with Crippen molar-refractivity contribution in [3.63, 3.8) is 0 Å². The molecule has 0 bridgehead atoms. The lowest BCUT2D eigenvalue weighted by atomic mass is 9.98. The number of esters is 1. The number of ketones is 1. The van der Waals surface area contributed by atoms with E-state index < -0.39 is 0 Å². The van der Waals surface area contributed by atoms with E-state index in [-0.39, 0.29) is 48.8 Å². The van der Waals surface area contributed by atoms with E-state index >= 15 is 0 Å². The van der Waals surface area contributed by atoms with Crippen LogP contribution < -0.4 is 28.5 Å². The SMILES string of the molecule is CCOC(=O)Cc1c(C(=O)c2ccc(Cl)cc2)sc(SCc2c3ccccc3cc3ccccc23)c1-[n+]1ccccc1.[I-]. The number of fused-ring (bicyclic) bond motifs is 2. The molecular formula is C35H27ClINO3S2. The van der Waals surface area contributed by atoms with Crippen LogP contribution in [0, 0.1) is 0 Å². The maximum atomic E-state index is 13.9. The zero-order chi connectivity index (χ0) is 29.1. The number of thioether (sulfide) groups is 1. The molecule has 0 fully saturated rings. The van der Waals surface area contributed by atoms with Gasteiger partial charge in [-0.2, -0.15) is 4.57 Å². The van der Waals surface area contributed by atoms with E-state index in [2.05, 4.69) is 54.6 Å². The minimum Gasteiger partial charge on any atom is -1.00 e. The Morgan fingerprint density at radius 2 is 1.47 bits per heavy atom. The van der Waals surface area contributed by atoms with Crippen LogP contribution in [0.5, 0.6) is 0 Å². The van der Waals surface area contributed by atoms with Crippen LogP contribution in [0.2, 0.25) is 5.02 Å². The number of carbonyl (C=O) groups is 2. The molecule has 8 heteroatoms. The minimum atomic E-state index is -0.366. The predicted molar refractivity (Wildman–Crippen MR) is 172 cm³/mol. The van der Waals surface area contributed by atoms with Crippen LogP contribution in [0.15, 0.2) is 114 Å². The van der Waals surface area contributed by atoms with E-state index in [1.54, 1.807) is 43.0 Å². The summed E-state index contributed by atoms with van der Waals surface area (Å²) in [5.41, 5.74) is 3.26. The highest BCUT2D eigenvalue weighted by Gasteiger charge is 2.32. The maximum absolute atomic E-state index is 13.9. The van der Waals surface area contributed by atoms with Gasteiger partial charge in [-0.1, -0.05) is 66.2 Å². The summed E-state index contributed by atoms with van der Waals surface area (Å²) < 4.78 is 8.30. The third-order valence-corrected chi connectivity index (χ3v) is 9.85. The van der Waals surface area contributed by atoms with Crippen molar-refractivity contribution in [2.24, 2.45) is 0 Å². The lowest BCUT2D eigenvalue weighted by Crippen LogP contribution is -3.00. The number of carbonyl (C=O) groups excluding carboxylic acids is 2. The van der Waals surface area contributed by atoms with Crippen molar-refractivity contribution in [1.29, 1.82) is 0 Å². The topological polar surface area (TPSA) is 47.3 Å². The van der Waals surface area contributed by atoms with Crippen LogP contribution in [-0.2, 0) is 21.7 Å². The van der Waals surface area contributed by atoms with E-state index in [1.807, 2.05) is 35.2 Å². The average molecular weight is 736 g/mol. The van der Waals surface area contributed by atoms with Gasteiger partial charge in [0.05, 0.1) is 23.5 Å². The zero-order valence-electron chi connectivity index (χ0n) is 23.3. The summed E-state index contributed by atoms with van der Waals surface area (Å²) in [4.78, 5) is 27.3. The standard InChI is InChI=1S/C35H27ClNO3S2.HI/c1-2-40-31(38)21-29-32(37-18-8-3-9-19-37)35(42-34(29)33(39)23-14-16-26(36)17-15-23)41-22-30-27-12-6-4-10-24(27)20-25-11-5-7-13-28(25)30;/h3-20H,2,21-22H2,1H3;1H/q+1;/p-1. The van der Waals surface area contributed by atoms with E-state index in [0.717, 1.165) is 9.90 Å². The minimum absolute atomic E-state index is 0. The number of halogens is 2. The van der Waals surface area contributed by atoms with Crippen molar-refractivity contribution in [2.75, 3.05) is 6.61 Å². The van der Waals surface area contributed by atoms with Gasteiger partial charge in [0.15, 0.2) is 12.4 Å². The molecule has 0 unspecified atom stereocenters. The Hall–Kier alpha value is -3.24. The van der Waals surface area contributed by atoms with Crippen molar-refractivity contribution < 1.29 is 42.9 Å². The lowest BCUT2D eigenvalue weighted by molar-refractivity contribution is -0.598. The number of nitrogens with zero attached hydrogens (tertiary/aromatic N) is 1. The molecule has 0 saturated heterocycles. The van der Waals surface area contributed by atoms with Crippen molar-refractivity contribution in [2.45, 2.75) is 23.3 Å². The second kappa shape index (κ2) is 14.0. The fraction of sp³-hybridized carbons (Fsp3) is 0.114. The molecule has 2 aromatic heterocycles. The third kappa shape index (κ3) is 6.65. The molecule has 0 spiro atoms. The number of hydrogen-bond acceptors (Lipinski definition) is 5. The molecular weight excluding hydrogens is 709 g/mol.